The Hall–Kier alpha value is -1.42. The van der Waals surface area contributed by atoms with Crippen molar-refractivity contribution in [3.8, 4) is 0 Å². The molecule has 1 N–H and O–H groups in total. The minimum absolute atomic E-state index is 0.227. The molecule has 0 aliphatic carbocycles. The zero-order valence-corrected chi connectivity index (χ0v) is 13.5. The third-order valence-corrected chi connectivity index (χ3v) is 5.04. The van der Waals surface area contributed by atoms with Crippen LogP contribution in [-0.4, -0.2) is 42.0 Å². The summed E-state index contributed by atoms with van der Waals surface area (Å²) in [5.74, 6) is 0.644. The molecule has 0 bridgehead atoms. The van der Waals surface area contributed by atoms with Crippen molar-refractivity contribution in [3.63, 3.8) is 0 Å². The number of nitrogens with one attached hydrogen (secondary N) is 1. The topological polar surface area (TPSA) is 37.6 Å². The van der Waals surface area contributed by atoms with Crippen LogP contribution in [0, 0.1) is 5.92 Å². The summed E-state index contributed by atoms with van der Waals surface area (Å²) in [7, 11) is 0. The Bertz CT molecular complexity index is 468. The van der Waals surface area contributed by atoms with Crippen molar-refractivity contribution in [3.05, 3.63) is 30.1 Å². The first-order valence-corrected chi connectivity index (χ1v) is 8.85. The van der Waals surface area contributed by atoms with E-state index >= 15 is 0 Å². The van der Waals surface area contributed by atoms with Crippen molar-refractivity contribution in [2.24, 2.45) is 5.92 Å². The van der Waals surface area contributed by atoms with E-state index in [9.17, 15) is 4.79 Å². The Morgan fingerprint density at radius 1 is 1.18 bits per heavy atom. The SMILES string of the molecule is O=C([C@H]1CCC[NH+](Cc2ccccn2)C1)N1CCCCCC1. The smallest absolute Gasteiger partial charge is 0.231 e. The number of piperidine rings is 1. The van der Waals surface area contributed by atoms with Gasteiger partial charge in [-0.25, -0.2) is 0 Å². The molecule has 22 heavy (non-hydrogen) atoms. The van der Waals surface area contributed by atoms with Gasteiger partial charge in [-0.3, -0.25) is 9.78 Å². The fourth-order valence-corrected chi connectivity index (χ4v) is 3.83. The molecule has 2 aliphatic heterocycles. The maximum Gasteiger partial charge on any atom is 0.231 e. The Balaban J connectivity index is 1.56. The highest BCUT2D eigenvalue weighted by Crippen LogP contribution is 2.16. The Morgan fingerprint density at radius 2 is 2.00 bits per heavy atom. The summed E-state index contributed by atoms with van der Waals surface area (Å²) in [5.41, 5.74) is 1.14. The third-order valence-electron chi connectivity index (χ3n) is 5.04. The quantitative estimate of drug-likeness (QED) is 0.913. The average molecular weight is 302 g/mol. The highest BCUT2D eigenvalue weighted by Gasteiger charge is 2.32. The third kappa shape index (κ3) is 4.07. The second-order valence-corrected chi connectivity index (χ2v) is 6.78. The maximum atomic E-state index is 12.8. The van der Waals surface area contributed by atoms with Crippen molar-refractivity contribution >= 4 is 5.91 Å². The first-order valence-electron chi connectivity index (χ1n) is 8.85. The van der Waals surface area contributed by atoms with E-state index in [1.165, 1.54) is 37.1 Å². The second-order valence-electron chi connectivity index (χ2n) is 6.78. The predicted molar refractivity (Wildman–Crippen MR) is 86.4 cm³/mol. The molecule has 3 rings (SSSR count). The van der Waals surface area contributed by atoms with Crippen molar-refractivity contribution in [1.82, 2.24) is 9.88 Å². The molecular weight excluding hydrogens is 274 g/mol. The number of likely N-dealkylation sites (tertiary alicyclic amines) is 2. The molecule has 2 fully saturated rings. The number of hydrogen-bond acceptors (Lipinski definition) is 2. The highest BCUT2D eigenvalue weighted by atomic mass is 16.2. The van der Waals surface area contributed by atoms with Gasteiger partial charge in [0.25, 0.3) is 0 Å². The maximum absolute atomic E-state index is 12.8. The van der Waals surface area contributed by atoms with Gasteiger partial charge in [-0.05, 0) is 37.8 Å². The molecule has 4 nitrogen and oxygen atoms in total. The molecule has 1 amide bonds. The number of rotatable bonds is 3. The molecule has 2 saturated heterocycles. The van der Waals surface area contributed by atoms with Crippen molar-refractivity contribution in [1.29, 1.82) is 0 Å². The lowest BCUT2D eigenvalue weighted by molar-refractivity contribution is -0.921. The summed E-state index contributed by atoms with van der Waals surface area (Å²) in [6.45, 7) is 5.05. The minimum atomic E-state index is 0.227. The van der Waals surface area contributed by atoms with E-state index < -0.39 is 0 Å². The lowest BCUT2D eigenvalue weighted by Crippen LogP contribution is -3.12. The van der Waals surface area contributed by atoms with Crippen LogP contribution in [0.2, 0.25) is 0 Å². The van der Waals surface area contributed by atoms with Gasteiger partial charge in [0, 0.05) is 19.3 Å². The summed E-state index contributed by atoms with van der Waals surface area (Å²) in [6.07, 6.45) is 9.02. The molecular formula is C18H28N3O+. The van der Waals surface area contributed by atoms with Gasteiger partial charge in [0.05, 0.1) is 24.7 Å². The summed E-state index contributed by atoms with van der Waals surface area (Å²) in [6, 6.07) is 6.10. The number of amides is 1. The summed E-state index contributed by atoms with van der Waals surface area (Å²) >= 11 is 0. The van der Waals surface area contributed by atoms with Crippen LogP contribution in [0.3, 0.4) is 0 Å². The van der Waals surface area contributed by atoms with Crippen molar-refractivity contribution in [2.75, 3.05) is 26.2 Å². The molecule has 0 saturated carbocycles. The number of aromatic nitrogens is 1. The molecule has 0 aromatic carbocycles. The largest absolute Gasteiger partial charge is 0.342 e. The van der Waals surface area contributed by atoms with Crippen molar-refractivity contribution < 1.29 is 9.69 Å². The Morgan fingerprint density at radius 3 is 2.73 bits per heavy atom. The van der Waals surface area contributed by atoms with Gasteiger partial charge in [0.15, 0.2) is 0 Å². The number of hydrogen-bond donors (Lipinski definition) is 1. The molecule has 1 unspecified atom stereocenters. The van der Waals surface area contributed by atoms with Gasteiger partial charge in [-0.2, -0.15) is 0 Å². The Kier molecular flexibility index (Phi) is 5.43. The first-order chi connectivity index (χ1) is 10.8. The first kappa shape index (κ1) is 15.5. The predicted octanol–water partition coefficient (Wildman–Crippen LogP) is 1.28. The van der Waals surface area contributed by atoms with Gasteiger partial charge >= 0.3 is 0 Å². The zero-order chi connectivity index (χ0) is 15.2. The van der Waals surface area contributed by atoms with E-state index in [0.717, 1.165) is 44.7 Å². The molecule has 120 valence electrons. The van der Waals surface area contributed by atoms with Crippen LogP contribution >= 0.6 is 0 Å². The molecule has 1 aromatic rings. The molecule has 2 aliphatic rings. The fraction of sp³-hybridized carbons (Fsp3) is 0.667. The van der Waals surface area contributed by atoms with E-state index in [0.29, 0.717) is 5.91 Å². The summed E-state index contributed by atoms with van der Waals surface area (Å²) in [4.78, 5) is 20.9. The number of nitrogens with zero attached hydrogens (tertiary/aromatic N) is 2. The van der Waals surface area contributed by atoms with Crippen LogP contribution in [-0.2, 0) is 11.3 Å². The van der Waals surface area contributed by atoms with Crippen LogP contribution < -0.4 is 4.90 Å². The molecule has 4 heteroatoms. The van der Waals surface area contributed by atoms with Gasteiger partial charge in [-0.1, -0.05) is 18.9 Å². The molecule has 1 aromatic heterocycles. The standard InChI is InChI=1S/C18H27N3O/c22-18(21-12-5-1-2-6-13-21)16-8-7-11-20(14-16)15-17-9-3-4-10-19-17/h3-4,9-10,16H,1-2,5-8,11-15H2/p+1/t16-/m0/s1. The van der Waals surface area contributed by atoms with E-state index in [1.807, 2.05) is 18.3 Å². The molecule has 3 heterocycles. The normalized spacial score (nSPS) is 26.5. The lowest BCUT2D eigenvalue weighted by Gasteiger charge is -2.32. The van der Waals surface area contributed by atoms with Crippen LogP contribution in [0.1, 0.15) is 44.2 Å². The van der Waals surface area contributed by atoms with Gasteiger partial charge < -0.3 is 9.80 Å². The van der Waals surface area contributed by atoms with Crippen molar-refractivity contribution in [2.45, 2.75) is 45.1 Å². The van der Waals surface area contributed by atoms with Crippen LogP contribution in [0.4, 0.5) is 0 Å². The van der Waals surface area contributed by atoms with Crippen LogP contribution in [0.25, 0.3) is 0 Å². The summed E-state index contributed by atoms with van der Waals surface area (Å²) < 4.78 is 0. The molecule has 2 atom stereocenters. The van der Waals surface area contributed by atoms with Gasteiger partial charge in [-0.15, -0.1) is 0 Å². The number of pyridine rings is 1. The number of quaternary nitrogens is 1. The fourth-order valence-electron chi connectivity index (χ4n) is 3.83. The van der Waals surface area contributed by atoms with Crippen LogP contribution in [0.15, 0.2) is 24.4 Å². The van der Waals surface area contributed by atoms with E-state index in [4.69, 9.17) is 0 Å². The highest BCUT2D eigenvalue weighted by molar-refractivity contribution is 5.79. The van der Waals surface area contributed by atoms with Crippen LogP contribution in [0.5, 0.6) is 0 Å². The number of carbonyl (C=O) groups excluding carboxylic acids is 1. The monoisotopic (exact) mass is 302 g/mol. The van der Waals surface area contributed by atoms with Gasteiger partial charge in [0.1, 0.15) is 6.54 Å². The van der Waals surface area contributed by atoms with E-state index in [1.54, 1.807) is 0 Å². The summed E-state index contributed by atoms with van der Waals surface area (Å²) in [5, 5.41) is 0. The van der Waals surface area contributed by atoms with E-state index in [-0.39, 0.29) is 5.92 Å². The molecule has 0 radical (unpaired) electrons. The minimum Gasteiger partial charge on any atom is -0.342 e. The van der Waals surface area contributed by atoms with Gasteiger partial charge in [0.2, 0.25) is 5.91 Å². The molecule has 0 spiro atoms. The Labute approximate surface area is 133 Å². The zero-order valence-electron chi connectivity index (χ0n) is 13.5. The average Bonchev–Trinajstić information content (AvgIpc) is 2.85. The van der Waals surface area contributed by atoms with E-state index in [2.05, 4.69) is 16.0 Å². The second kappa shape index (κ2) is 7.73. The lowest BCUT2D eigenvalue weighted by atomic mass is 9.96. The number of carbonyl (C=O) groups is 1.